The first kappa shape index (κ1) is 14.1. The standard InChI is InChI=1S/C12H9ClN4O2S/c13-12-6-9(3-4-16-12)17-20(18,19)11-2-1-8(7-14)5-10(11)15/h1-6H,15H2,(H,16,17). The van der Waals surface area contributed by atoms with Crippen LogP contribution in [0.4, 0.5) is 11.4 Å². The molecule has 0 fully saturated rings. The van der Waals surface area contributed by atoms with Crippen molar-refractivity contribution in [3.05, 3.63) is 47.2 Å². The molecule has 0 spiro atoms. The summed E-state index contributed by atoms with van der Waals surface area (Å²) in [7, 11) is -3.86. The molecule has 1 aromatic heterocycles. The van der Waals surface area contributed by atoms with E-state index in [1.54, 1.807) is 0 Å². The summed E-state index contributed by atoms with van der Waals surface area (Å²) in [4.78, 5) is 3.65. The highest BCUT2D eigenvalue weighted by Crippen LogP contribution is 2.23. The lowest BCUT2D eigenvalue weighted by Gasteiger charge is -2.10. The third kappa shape index (κ3) is 2.99. The molecule has 0 radical (unpaired) electrons. The highest BCUT2D eigenvalue weighted by Gasteiger charge is 2.18. The molecule has 2 rings (SSSR count). The highest BCUT2D eigenvalue weighted by molar-refractivity contribution is 7.92. The zero-order valence-corrected chi connectivity index (χ0v) is 11.6. The molecule has 0 atom stereocenters. The normalized spacial score (nSPS) is 10.8. The summed E-state index contributed by atoms with van der Waals surface area (Å²) < 4.78 is 26.7. The van der Waals surface area contributed by atoms with E-state index in [-0.39, 0.29) is 27.0 Å². The maximum absolute atomic E-state index is 12.2. The van der Waals surface area contributed by atoms with Crippen LogP contribution in [0, 0.1) is 11.3 Å². The molecule has 20 heavy (non-hydrogen) atoms. The lowest BCUT2D eigenvalue weighted by Crippen LogP contribution is -2.15. The first-order chi connectivity index (χ1) is 9.42. The maximum Gasteiger partial charge on any atom is 0.263 e. The number of sulfonamides is 1. The number of hydrogen-bond donors (Lipinski definition) is 2. The SMILES string of the molecule is N#Cc1ccc(S(=O)(=O)Nc2ccnc(Cl)c2)c(N)c1. The first-order valence-electron chi connectivity index (χ1n) is 5.36. The Hall–Kier alpha value is -2.30. The molecule has 6 nitrogen and oxygen atoms in total. The molecule has 0 bridgehead atoms. The zero-order valence-electron chi connectivity index (χ0n) is 10.0. The summed E-state index contributed by atoms with van der Waals surface area (Å²) in [6, 6.07) is 8.67. The van der Waals surface area contributed by atoms with E-state index in [2.05, 4.69) is 9.71 Å². The molecule has 1 heterocycles. The predicted octanol–water partition coefficient (Wildman–Crippen LogP) is 1.99. The van der Waals surface area contributed by atoms with E-state index in [1.165, 1.54) is 36.5 Å². The van der Waals surface area contributed by atoms with Crippen LogP contribution in [-0.4, -0.2) is 13.4 Å². The fraction of sp³-hybridized carbons (Fsp3) is 0. The van der Waals surface area contributed by atoms with Crippen molar-refractivity contribution in [2.45, 2.75) is 4.90 Å². The Morgan fingerprint density at radius 2 is 2.05 bits per heavy atom. The van der Waals surface area contributed by atoms with Gasteiger partial charge in [-0.05, 0) is 30.3 Å². The number of rotatable bonds is 3. The largest absolute Gasteiger partial charge is 0.398 e. The van der Waals surface area contributed by atoms with Gasteiger partial charge in [0.1, 0.15) is 10.0 Å². The van der Waals surface area contributed by atoms with E-state index in [4.69, 9.17) is 22.6 Å². The number of aromatic nitrogens is 1. The zero-order chi connectivity index (χ0) is 14.8. The van der Waals surface area contributed by atoms with Crippen LogP contribution >= 0.6 is 11.6 Å². The van der Waals surface area contributed by atoms with Crippen LogP contribution in [0.5, 0.6) is 0 Å². The molecule has 0 aliphatic heterocycles. The van der Waals surface area contributed by atoms with Gasteiger partial charge in [-0.2, -0.15) is 5.26 Å². The summed E-state index contributed by atoms with van der Waals surface area (Å²) >= 11 is 5.68. The molecular weight excluding hydrogens is 300 g/mol. The average molecular weight is 309 g/mol. The van der Waals surface area contributed by atoms with Gasteiger partial charge in [-0.3, -0.25) is 4.72 Å². The summed E-state index contributed by atoms with van der Waals surface area (Å²) in [6.45, 7) is 0. The van der Waals surface area contributed by atoms with Crippen molar-refractivity contribution >= 4 is 33.0 Å². The average Bonchev–Trinajstić information content (AvgIpc) is 2.37. The minimum absolute atomic E-state index is 0.00305. The molecule has 0 aliphatic rings. The van der Waals surface area contributed by atoms with Crippen molar-refractivity contribution in [2.24, 2.45) is 0 Å². The number of halogens is 1. The van der Waals surface area contributed by atoms with Crippen molar-refractivity contribution in [3.63, 3.8) is 0 Å². The molecule has 0 saturated carbocycles. The Morgan fingerprint density at radius 3 is 2.65 bits per heavy atom. The van der Waals surface area contributed by atoms with Crippen LogP contribution in [0.25, 0.3) is 0 Å². The van der Waals surface area contributed by atoms with Crippen molar-refractivity contribution in [1.82, 2.24) is 4.98 Å². The van der Waals surface area contributed by atoms with Crippen molar-refractivity contribution in [3.8, 4) is 6.07 Å². The Kier molecular flexibility index (Phi) is 3.79. The van der Waals surface area contributed by atoms with Gasteiger partial charge in [0.15, 0.2) is 0 Å². The van der Waals surface area contributed by atoms with Gasteiger partial charge in [0.25, 0.3) is 10.0 Å². The lowest BCUT2D eigenvalue weighted by molar-refractivity contribution is 0.601. The molecule has 0 aliphatic carbocycles. The van der Waals surface area contributed by atoms with Crippen molar-refractivity contribution in [1.29, 1.82) is 5.26 Å². The van der Waals surface area contributed by atoms with E-state index in [1.807, 2.05) is 6.07 Å². The van der Waals surface area contributed by atoms with E-state index in [0.29, 0.717) is 0 Å². The second-order valence-corrected chi connectivity index (χ2v) is 5.88. The third-order valence-electron chi connectivity index (χ3n) is 2.41. The molecule has 102 valence electrons. The number of pyridine rings is 1. The fourth-order valence-electron chi connectivity index (χ4n) is 1.54. The topological polar surface area (TPSA) is 109 Å². The Morgan fingerprint density at radius 1 is 1.30 bits per heavy atom. The number of benzene rings is 1. The van der Waals surface area contributed by atoms with Gasteiger partial charge in [0.2, 0.25) is 0 Å². The molecule has 0 amide bonds. The molecule has 3 N–H and O–H groups in total. The van der Waals surface area contributed by atoms with Crippen LogP contribution in [0.2, 0.25) is 5.15 Å². The Bertz CT molecular complexity index is 799. The van der Waals surface area contributed by atoms with E-state index >= 15 is 0 Å². The number of nitriles is 1. The maximum atomic E-state index is 12.2. The predicted molar refractivity (Wildman–Crippen MR) is 75.6 cm³/mol. The smallest absolute Gasteiger partial charge is 0.263 e. The van der Waals surface area contributed by atoms with Gasteiger partial charge in [-0.1, -0.05) is 11.6 Å². The Labute approximate surface area is 120 Å². The van der Waals surface area contributed by atoms with Crippen molar-refractivity contribution in [2.75, 3.05) is 10.5 Å². The minimum atomic E-state index is -3.86. The van der Waals surface area contributed by atoms with Crippen molar-refractivity contribution < 1.29 is 8.42 Å². The van der Waals surface area contributed by atoms with Crippen LogP contribution in [0.15, 0.2) is 41.4 Å². The Balaban J connectivity index is 2.39. The van der Waals surface area contributed by atoms with Gasteiger partial charge in [-0.15, -0.1) is 0 Å². The summed E-state index contributed by atoms with van der Waals surface area (Å²) in [5.41, 5.74) is 6.21. The van der Waals surface area contributed by atoms with Gasteiger partial charge >= 0.3 is 0 Å². The summed E-state index contributed by atoms with van der Waals surface area (Å²) in [5, 5.41) is 8.89. The number of hydrogen-bond acceptors (Lipinski definition) is 5. The number of anilines is 2. The quantitative estimate of drug-likeness (QED) is 0.665. The van der Waals surface area contributed by atoms with Crippen LogP contribution in [0.1, 0.15) is 5.56 Å². The summed E-state index contributed by atoms with van der Waals surface area (Å²) in [5.74, 6) is 0. The minimum Gasteiger partial charge on any atom is -0.398 e. The molecule has 0 saturated heterocycles. The molecule has 2 aromatic rings. The molecular formula is C12H9ClN4O2S. The fourth-order valence-corrected chi connectivity index (χ4v) is 2.88. The van der Waals surface area contributed by atoms with Crippen LogP contribution < -0.4 is 10.5 Å². The summed E-state index contributed by atoms with van der Waals surface area (Å²) in [6.07, 6.45) is 1.38. The van der Waals surface area contributed by atoms with E-state index in [9.17, 15) is 8.42 Å². The van der Waals surface area contributed by atoms with Gasteiger partial charge in [0, 0.05) is 6.20 Å². The number of nitrogens with zero attached hydrogens (tertiary/aromatic N) is 2. The second-order valence-electron chi connectivity index (χ2n) is 3.84. The van der Waals surface area contributed by atoms with Crippen LogP contribution in [0.3, 0.4) is 0 Å². The number of nitrogens with two attached hydrogens (primary N) is 1. The third-order valence-corrected chi connectivity index (χ3v) is 4.07. The molecule has 1 aromatic carbocycles. The second kappa shape index (κ2) is 5.36. The number of nitrogens with one attached hydrogen (secondary N) is 1. The van der Waals surface area contributed by atoms with E-state index < -0.39 is 10.0 Å². The number of nitrogen functional groups attached to an aromatic ring is 1. The van der Waals surface area contributed by atoms with Gasteiger partial charge in [-0.25, -0.2) is 13.4 Å². The van der Waals surface area contributed by atoms with E-state index in [0.717, 1.165) is 0 Å². The first-order valence-corrected chi connectivity index (χ1v) is 7.22. The molecule has 0 unspecified atom stereocenters. The molecule has 8 heteroatoms. The highest BCUT2D eigenvalue weighted by atomic mass is 35.5. The van der Waals surface area contributed by atoms with Crippen LogP contribution in [-0.2, 0) is 10.0 Å². The van der Waals surface area contributed by atoms with Gasteiger partial charge in [0.05, 0.1) is 23.0 Å². The lowest BCUT2D eigenvalue weighted by atomic mass is 10.2. The van der Waals surface area contributed by atoms with Gasteiger partial charge < -0.3 is 5.73 Å². The monoisotopic (exact) mass is 308 g/mol.